The molecule has 1 N–H and O–H groups in total. The monoisotopic (exact) mass is 445 g/mol. The van der Waals surface area contributed by atoms with Gasteiger partial charge in [-0.2, -0.15) is 0 Å². The van der Waals surface area contributed by atoms with Crippen molar-refractivity contribution in [1.82, 2.24) is 15.1 Å². The van der Waals surface area contributed by atoms with Crippen LogP contribution in [0.1, 0.15) is 58.9 Å². The maximum atomic E-state index is 14.1. The lowest BCUT2D eigenvalue weighted by atomic mass is 10.0. The molecule has 2 atom stereocenters. The molecule has 32 heavy (non-hydrogen) atoms. The van der Waals surface area contributed by atoms with Crippen LogP contribution < -0.4 is 10.1 Å². The first-order valence-corrected chi connectivity index (χ1v) is 11.6. The highest BCUT2D eigenvalue weighted by molar-refractivity contribution is 6.04. The zero-order chi connectivity index (χ0) is 23.3. The molecule has 0 aliphatic carbocycles. The van der Waals surface area contributed by atoms with Gasteiger partial charge in [-0.3, -0.25) is 19.7 Å². The number of benzene rings is 1. The molecule has 0 radical (unpaired) electrons. The lowest BCUT2D eigenvalue weighted by molar-refractivity contribution is -0.123. The largest absolute Gasteiger partial charge is 0.494 e. The number of hydrogen-bond donors (Lipinski definition) is 1. The number of methoxy groups -OCH3 is 1. The lowest BCUT2D eigenvalue weighted by Crippen LogP contribution is -2.57. The van der Waals surface area contributed by atoms with Gasteiger partial charge in [-0.25, -0.2) is 4.39 Å². The van der Waals surface area contributed by atoms with Crippen LogP contribution in [0.15, 0.2) is 28.2 Å². The molecule has 2 aliphatic rings. The summed E-state index contributed by atoms with van der Waals surface area (Å²) in [6, 6.07) is 4.16. The Hall–Kier alpha value is -2.48. The van der Waals surface area contributed by atoms with Gasteiger partial charge in [-0.05, 0) is 45.0 Å². The topological polar surface area (TPSA) is 69.5 Å². The third-order valence-electron chi connectivity index (χ3n) is 6.06. The molecule has 8 heteroatoms. The molecule has 0 spiro atoms. The molecule has 0 saturated carbocycles. The van der Waals surface area contributed by atoms with Crippen LogP contribution in [-0.2, 0) is 4.79 Å². The summed E-state index contributed by atoms with van der Waals surface area (Å²) < 4.78 is 19.3. The third-order valence-corrected chi connectivity index (χ3v) is 6.06. The number of carbonyl (C=O) groups is 1. The van der Waals surface area contributed by atoms with Gasteiger partial charge in [-0.1, -0.05) is 33.1 Å². The Bertz CT molecular complexity index is 870. The second kappa shape index (κ2) is 10.4. The fourth-order valence-electron chi connectivity index (χ4n) is 4.43. The summed E-state index contributed by atoms with van der Waals surface area (Å²) in [6.45, 7) is 10.6. The summed E-state index contributed by atoms with van der Waals surface area (Å²) in [5.74, 6) is 0.274. The first kappa shape index (κ1) is 24.2. The molecule has 0 bridgehead atoms. The number of halogens is 1. The molecule has 1 aromatic rings. The number of nitrogens with one attached hydrogen (secondary N) is 1. The van der Waals surface area contributed by atoms with Crippen LogP contribution in [0.2, 0.25) is 0 Å². The molecule has 0 fully saturated rings. The lowest BCUT2D eigenvalue weighted by Gasteiger charge is -2.40. The predicted octanol–water partition coefficient (Wildman–Crippen LogP) is 3.43. The van der Waals surface area contributed by atoms with Gasteiger partial charge in [0, 0.05) is 18.7 Å². The Morgan fingerprint density at radius 1 is 1.25 bits per heavy atom. The van der Waals surface area contributed by atoms with Crippen molar-refractivity contribution >= 4 is 18.1 Å². The van der Waals surface area contributed by atoms with E-state index in [-0.39, 0.29) is 23.4 Å². The van der Waals surface area contributed by atoms with Crippen molar-refractivity contribution in [2.24, 2.45) is 9.98 Å². The van der Waals surface area contributed by atoms with E-state index in [0.29, 0.717) is 12.4 Å². The van der Waals surface area contributed by atoms with Gasteiger partial charge in [0.25, 0.3) is 5.91 Å². The maximum absolute atomic E-state index is 14.1. The highest BCUT2D eigenvalue weighted by Gasteiger charge is 2.45. The number of amidine groups is 1. The highest BCUT2D eigenvalue weighted by Crippen LogP contribution is 2.30. The van der Waals surface area contributed by atoms with Crippen molar-refractivity contribution < 1.29 is 13.9 Å². The van der Waals surface area contributed by atoms with Crippen LogP contribution in [-0.4, -0.2) is 72.4 Å². The Morgan fingerprint density at radius 3 is 2.72 bits per heavy atom. The van der Waals surface area contributed by atoms with Gasteiger partial charge >= 0.3 is 0 Å². The number of amides is 1. The SMILES string of the molecule is CCCCCCN1C(c2ccc(F)c(OC)c2)=NC2C(=O)NC=NC(C)(C)CN(CC)C21. The minimum atomic E-state index is -0.604. The molecule has 3 rings (SSSR count). The van der Waals surface area contributed by atoms with Gasteiger partial charge in [0.15, 0.2) is 17.6 Å². The number of carbonyl (C=O) groups excluding carboxylic acids is 1. The molecular formula is C24H36FN5O2. The fourth-order valence-corrected chi connectivity index (χ4v) is 4.43. The quantitative estimate of drug-likeness (QED) is 0.623. The highest BCUT2D eigenvalue weighted by atomic mass is 19.1. The number of aliphatic imine (C=N–C) groups is 2. The molecule has 176 valence electrons. The van der Waals surface area contributed by atoms with E-state index in [1.807, 2.05) is 0 Å². The van der Waals surface area contributed by atoms with Crippen molar-refractivity contribution in [3.05, 3.63) is 29.6 Å². The van der Waals surface area contributed by atoms with E-state index in [1.54, 1.807) is 12.1 Å². The zero-order valence-corrected chi connectivity index (χ0v) is 19.9. The first-order valence-electron chi connectivity index (χ1n) is 11.6. The Labute approximate surface area is 190 Å². The van der Waals surface area contributed by atoms with Crippen molar-refractivity contribution in [1.29, 1.82) is 0 Å². The van der Waals surface area contributed by atoms with E-state index >= 15 is 0 Å². The maximum Gasteiger partial charge on any atom is 0.253 e. The van der Waals surface area contributed by atoms with E-state index in [2.05, 4.69) is 47.8 Å². The average molecular weight is 446 g/mol. The number of ether oxygens (including phenoxy) is 1. The second-order valence-electron chi connectivity index (χ2n) is 9.06. The van der Waals surface area contributed by atoms with Crippen LogP contribution in [0.4, 0.5) is 4.39 Å². The van der Waals surface area contributed by atoms with E-state index in [4.69, 9.17) is 9.73 Å². The van der Waals surface area contributed by atoms with E-state index in [1.165, 1.54) is 19.5 Å². The van der Waals surface area contributed by atoms with E-state index in [9.17, 15) is 9.18 Å². The standard InChI is InChI=1S/C24H36FN5O2/c1-6-8-9-10-13-30-21(17-11-12-18(25)19(14-17)32-5)28-20-22(31)26-16-27-24(3,4)15-29(7-2)23(20)30/h11-12,14,16,20,23H,6-10,13,15H2,1-5H3,(H,26,27,31). The second-order valence-corrected chi connectivity index (χ2v) is 9.06. The summed E-state index contributed by atoms with van der Waals surface area (Å²) in [5, 5.41) is 2.82. The molecule has 0 saturated heterocycles. The molecule has 7 nitrogen and oxygen atoms in total. The molecule has 2 heterocycles. The van der Waals surface area contributed by atoms with Gasteiger partial charge in [0.2, 0.25) is 0 Å². The first-order chi connectivity index (χ1) is 15.3. The van der Waals surface area contributed by atoms with Gasteiger partial charge in [-0.15, -0.1) is 0 Å². The number of fused-ring (bicyclic) bond motifs is 1. The number of nitrogens with zero attached hydrogens (tertiary/aromatic N) is 4. The third kappa shape index (κ3) is 5.28. The van der Waals surface area contributed by atoms with Crippen molar-refractivity contribution in [3.63, 3.8) is 0 Å². The number of hydrogen-bond acceptors (Lipinski definition) is 6. The van der Waals surface area contributed by atoms with Crippen molar-refractivity contribution in [3.8, 4) is 5.75 Å². The molecule has 2 unspecified atom stereocenters. The zero-order valence-electron chi connectivity index (χ0n) is 19.9. The number of rotatable bonds is 8. The fraction of sp³-hybridized carbons (Fsp3) is 0.625. The molecule has 0 aromatic heterocycles. The average Bonchev–Trinajstić information content (AvgIpc) is 3.15. The van der Waals surface area contributed by atoms with E-state index < -0.39 is 11.9 Å². The van der Waals surface area contributed by atoms with Gasteiger partial charge in [0.05, 0.1) is 19.0 Å². The summed E-state index contributed by atoms with van der Waals surface area (Å²) >= 11 is 0. The summed E-state index contributed by atoms with van der Waals surface area (Å²) in [4.78, 5) is 27.0. The van der Waals surface area contributed by atoms with E-state index in [0.717, 1.165) is 44.3 Å². The minimum absolute atomic E-state index is 0.169. The van der Waals surface area contributed by atoms with Crippen LogP contribution in [0.5, 0.6) is 5.75 Å². The number of likely N-dealkylation sites (N-methyl/N-ethyl adjacent to an activating group) is 1. The minimum Gasteiger partial charge on any atom is -0.494 e. The molecule has 1 amide bonds. The molecule has 1 aromatic carbocycles. The summed E-state index contributed by atoms with van der Waals surface area (Å²) in [6.07, 6.45) is 5.69. The summed E-state index contributed by atoms with van der Waals surface area (Å²) in [7, 11) is 1.45. The van der Waals surface area contributed by atoms with Crippen LogP contribution in [0.3, 0.4) is 0 Å². The van der Waals surface area contributed by atoms with Crippen molar-refractivity contribution in [2.45, 2.75) is 71.1 Å². The van der Waals surface area contributed by atoms with Gasteiger partial charge < -0.3 is 15.0 Å². The Kier molecular flexibility index (Phi) is 7.87. The van der Waals surface area contributed by atoms with Crippen LogP contribution >= 0.6 is 0 Å². The van der Waals surface area contributed by atoms with Crippen LogP contribution in [0.25, 0.3) is 0 Å². The predicted molar refractivity (Wildman–Crippen MR) is 126 cm³/mol. The summed E-state index contributed by atoms with van der Waals surface area (Å²) in [5.41, 5.74) is 0.397. The Morgan fingerprint density at radius 2 is 2.03 bits per heavy atom. The van der Waals surface area contributed by atoms with Crippen LogP contribution in [0, 0.1) is 5.82 Å². The number of unbranched alkanes of at least 4 members (excludes halogenated alkanes) is 3. The molecule has 2 aliphatic heterocycles. The normalized spacial score (nSPS) is 23.1. The van der Waals surface area contributed by atoms with Gasteiger partial charge in [0.1, 0.15) is 12.0 Å². The Balaban J connectivity index is 2.04. The molecular weight excluding hydrogens is 409 g/mol. The van der Waals surface area contributed by atoms with Crippen molar-refractivity contribution in [2.75, 3.05) is 26.7 Å². The smallest absolute Gasteiger partial charge is 0.253 e.